The Morgan fingerprint density at radius 1 is 1.16 bits per heavy atom. The van der Waals surface area contributed by atoms with E-state index in [1.165, 1.54) is 37.3 Å². The number of hydrogen-bond donors (Lipinski definition) is 1. The molecule has 4 rings (SSSR count). The minimum atomic E-state index is -0.530. The Bertz CT molecular complexity index is 945. The van der Waals surface area contributed by atoms with E-state index in [-0.39, 0.29) is 11.6 Å². The first-order valence-corrected chi connectivity index (χ1v) is 8.94. The molecule has 3 heterocycles. The molecule has 1 N–H and O–H groups in total. The molecular formula is C18H22N4O3. The van der Waals surface area contributed by atoms with E-state index >= 15 is 0 Å². The second-order valence-corrected chi connectivity index (χ2v) is 7.23. The number of likely N-dealkylation sites (tertiary alicyclic amines) is 1. The van der Waals surface area contributed by atoms with Crippen molar-refractivity contribution in [3.63, 3.8) is 0 Å². The first-order valence-electron chi connectivity index (χ1n) is 8.94. The fraction of sp³-hybridized carbons (Fsp3) is 0.556. The number of pyridine rings is 1. The van der Waals surface area contributed by atoms with E-state index in [2.05, 4.69) is 9.97 Å². The van der Waals surface area contributed by atoms with Gasteiger partial charge in [-0.1, -0.05) is 19.3 Å². The SMILES string of the molecule is Cn1c(=O)[nH]c(=O)c2ccc(C(=O)N3CCC4CCCCC4C3)nc21. The van der Waals surface area contributed by atoms with Gasteiger partial charge in [0.05, 0.1) is 5.39 Å². The number of aryl methyl sites for hydroxylation is 1. The van der Waals surface area contributed by atoms with Crippen LogP contribution in [0.3, 0.4) is 0 Å². The predicted octanol–water partition coefficient (Wildman–Crippen LogP) is 1.27. The number of H-pyrrole nitrogens is 1. The van der Waals surface area contributed by atoms with Gasteiger partial charge in [-0.25, -0.2) is 9.78 Å². The van der Waals surface area contributed by atoms with Crippen LogP contribution in [0.2, 0.25) is 0 Å². The van der Waals surface area contributed by atoms with Crippen molar-refractivity contribution in [3.05, 3.63) is 38.7 Å². The first kappa shape index (κ1) is 16.1. The molecule has 0 spiro atoms. The Morgan fingerprint density at radius 3 is 2.72 bits per heavy atom. The molecule has 1 saturated heterocycles. The largest absolute Gasteiger partial charge is 0.337 e. The van der Waals surface area contributed by atoms with Crippen LogP contribution in [0, 0.1) is 11.8 Å². The van der Waals surface area contributed by atoms with E-state index in [0.717, 1.165) is 25.4 Å². The smallest absolute Gasteiger partial charge is 0.329 e. The molecule has 132 valence electrons. The molecule has 2 aromatic rings. The minimum Gasteiger partial charge on any atom is -0.337 e. The predicted molar refractivity (Wildman–Crippen MR) is 93.6 cm³/mol. The number of fused-ring (bicyclic) bond motifs is 2. The van der Waals surface area contributed by atoms with Crippen LogP contribution in [-0.2, 0) is 7.05 Å². The summed E-state index contributed by atoms with van der Waals surface area (Å²) in [5, 5.41) is 0.310. The average Bonchev–Trinajstić information content (AvgIpc) is 2.65. The zero-order valence-corrected chi connectivity index (χ0v) is 14.3. The van der Waals surface area contributed by atoms with Gasteiger partial charge >= 0.3 is 5.69 Å². The summed E-state index contributed by atoms with van der Waals surface area (Å²) < 4.78 is 1.26. The first-order chi connectivity index (χ1) is 12.0. The molecular weight excluding hydrogens is 320 g/mol. The number of aromatic amines is 1. The maximum Gasteiger partial charge on any atom is 0.329 e. The van der Waals surface area contributed by atoms with Crippen molar-refractivity contribution in [2.75, 3.05) is 13.1 Å². The second kappa shape index (κ2) is 6.13. The monoisotopic (exact) mass is 342 g/mol. The van der Waals surface area contributed by atoms with Gasteiger partial charge in [-0.05, 0) is 36.8 Å². The number of rotatable bonds is 1. The highest BCUT2D eigenvalue weighted by Gasteiger charge is 2.33. The van der Waals surface area contributed by atoms with Gasteiger partial charge in [0, 0.05) is 20.1 Å². The molecule has 2 aromatic heterocycles. The molecule has 25 heavy (non-hydrogen) atoms. The van der Waals surface area contributed by atoms with Crippen LogP contribution >= 0.6 is 0 Å². The molecule has 2 unspecified atom stereocenters. The summed E-state index contributed by atoms with van der Waals surface area (Å²) in [5.74, 6) is 1.24. The molecule has 1 saturated carbocycles. The van der Waals surface area contributed by atoms with Crippen molar-refractivity contribution in [1.29, 1.82) is 0 Å². The summed E-state index contributed by atoms with van der Waals surface area (Å²) in [4.78, 5) is 45.0. The number of carbonyl (C=O) groups excluding carboxylic acids is 1. The number of hydrogen-bond acceptors (Lipinski definition) is 4. The fourth-order valence-electron chi connectivity index (χ4n) is 4.29. The molecule has 0 bridgehead atoms. The van der Waals surface area contributed by atoms with E-state index < -0.39 is 11.2 Å². The van der Waals surface area contributed by atoms with Gasteiger partial charge in [-0.2, -0.15) is 0 Å². The van der Waals surface area contributed by atoms with Crippen LogP contribution in [0.5, 0.6) is 0 Å². The lowest BCUT2D eigenvalue weighted by molar-refractivity contribution is 0.0516. The molecule has 7 heteroatoms. The summed E-state index contributed by atoms with van der Waals surface area (Å²) in [5.41, 5.74) is -0.472. The highest BCUT2D eigenvalue weighted by Crippen LogP contribution is 2.36. The Morgan fingerprint density at radius 2 is 1.92 bits per heavy atom. The van der Waals surface area contributed by atoms with Gasteiger partial charge in [0.1, 0.15) is 11.3 Å². The van der Waals surface area contributed by atoms with Crippen molar-refractivity contribution < 1.29 is 4.79 Å². The molecule has 2 atom stereocenters. The van der Waals surface area contributed by atoms with E-state index in [1.54, 1.807) is 12.1 Å². The lowest BCUT2D eigenvalue weighted by Crippen LogP contribution is -2.45. The summed E-state index contributed by atoms with van der Waals surface area (Å²) in [6.07, 6.45) is 6.10. The van der Waals surface area contributed by atoms with Gasteiger partial charge in [0.25, 0.3) is 11.5 Å². The van der Waals surface area contributed by atoms with Crippen LogP contribution in [0.15, 0.2) is 21.7 Å². The molecule has 1 aliphatic heterocycles. The minimum absolute atomic E-state index is 0.112. The Labute approximate surface area is 144 Å². The van der Waals surface area contributed by atoms with Gasteiger partial charge in [-0.15, -0.1) is 0 Å². The third-order valence-electron chi connectivity index (χ3n) is 5.76. The van der Waals surface area contributed by atoms with Crippen LogP contribution in [0.4, 0.5) is 0 Å². The fourth-order valence-corrected chi connectivity index (χ4v) is 4.29. The maximum atomic E-state index is 12.9. The summed E-state index contributed by atoms with van der Waals surface area (Å²) in [7, 11) is 1.54. The van der Waals surface area contributed by atoms with E-state index in [4.69, 9.17) is 0 Å². The maximum absolute atomic E-state index is 12.9. The van der Waals surface area contributed by atoms with Crippen LogP contribution in [0.1, 0.15) is 42.6 Å². The Kier molecular flexibility index (Phi) is 3.94. The number of nitrogens with zero attached hydrogens (tertiary/aromatic N) is 3. The van der Waals surface area contributed by atoms with Crippen LogP contribution in [0.25, 0.3) is 11.0 Å². The van der Waals surface area contributed by atoms with Gasteiger partial charge < -0.3 is 4.90 Å². The number of aromatic nitrogens is 3. The molecule has 2 fully saturated rings. The van der Waals surface area contributed by atoms with E-state index in [9.17, 15) is 14.4 Å². The standard InChI is InChI=1S/C18H22N4O3/c1-21-15-13(16(23)20-18(21)25)6-7-14(19-15)17(24)22-9-8-11-4-2-3-5-12(11)10-22/h6-7,11-12H,2-5,8-10H2,1H3,(H,20,23,25). The zero-order chi connectivity index (χ0) is 17.6. The topological polar surface area (TPSA) is 88.1 Å². The average molecular weight is 342 g/mol. The van der Waals surface area contributed by atoms with Crippen molar-refractivity contribution in [3.8, 4) is 0 Å². The van der Waals surface area contributed by atoms with Crippen LogP contribution in [-0.4, -0.2) is 38.4 Å². The van der Waals surface area contributed by atoms with Crippen molar-refractivity contribution in [2.24, 2.45) is 18.9 Å². The highest BCUT2D eigenvalue weighted by atomic mass is 16.2. The quantitative estimate of drug-likeness (QED) is 0.845. The molecule has 1 amide bonds. The number of amides is 1. The molecule has 1 aliphatic carbocycles. The zero-order valence-electron chi connectivity index (χ0n) is 14.3. The third kappa shape index (κ3) is 2.77. The number of nitrogens with one attached hydrogen (secondary N) is 1. The molecule has 7 nitrogen and oxygen atoms in total. The van der Waals surface area contributed by atoms with Crippen LogP contribution < -0.4 is 11.2 Å². The summed E-state index contributed by atoms with van der Waals surface area (Å²) >= 11 is 0. The number of carbonyl (C=O) groups is 1. The van der Waals surface area contributed by atoms with Gasteiger partial charge in [-0.3, -0.25) is 19.1 Å². The van der Waals surface area contributed by atoms with E-state index in [0.29, 0.717) is 17.0 Å². The Balaban J connectivity index is 1.65. The van der Waals surface area contributed by atoms with Gasteiger partial charge in [0.2, 0.25) is 0 Å². The summed E-state index contributed by atoms with van der Waals surface area (Å²) in [6, 6.07) is 3.15. The number of piperidine rings is 1. The second-order valence-electron chi connectivity index (χ2n) is 7.23. The molecule has 0 aromatic carbocycles. The highest BCUT2D eigenvalue weighted by molar-refractivity contribution is 5.94. The Hall–Kier alpha value is -2.44. The summed E-state index contributed by atoms with van der Waals surface area (Å²) in [6.45, 7) is 1.55. The van der Waals surface area contributed by atoms with Gasteiger partial charge in [0.15, 0.2) is 0 Å². The van der Waals surface area contributed by atoms with Crippen molar-refractivity contribution >= 4 is 16.9 Å². The molecule has 2 aliphatic rings. The normalized spacial score (nSPS) is 23.5. The third-order valence-corrected chi connectivity index (χ3v) is 5.76. The lowest BCUT2D eigenvalue weighted by atomic mass is 9.75. The lowest BCUT2D eigenvalue weighted by Gasteiger charge is -2.41. The van der Waals surface area contributed by atoms with E-state index in [1.807, 2.05) is 4.90 Å². The molecule has 0 radical (unpaired) electrons. The van der Waals surface area contributed by atoms with Crippen molar-refractivity contribution in [1.82, 2.24) is 19.4 Å². The van der Waals surface area contributed by atoms with Crippen molar-refractivity contribution in [2.45, 2.75) is 32.1 Å².